The lowest BCUT2D eigenvalue weighted by molar-refractivity contribution is -0.322. The maximum absolute atomic E-state index is 14.8. The minimum absolute atomic E-state index is 0.000319. The standard InChI is InChI=1S/C74H71N3O12SSi/c1-50-39-43-58(44-40-50)90-73-68(88-71(80)56-32-17-8-18-33-56)67(82-46-51-25-11-5-12-26-51)65(62(86-73)49-84-91(74(2,3)4,59-35-19-9-20-36-59)60-37-21-10-22-38-60)89-72-63(76-77-75)66(87-70(79)55-30-15-7-16-31-55)64(61(85-72)48-83-69(78)54-28-13-6-14-29-54)81-47-52-41-42-53-27-23-24-34-57(53)45-52/h5-45,61-68,72-73H,46-49H2,1-4H3/t61-,62-,63-,64-,65-,66-,67+,68-,72-,73+/m1/s1. The van der Waals surface area contributed by atoms with Gasteiger partial charge in [-0.1, -0.05) is 237 Å². The van der Waals surface area contributed by atoms with Gasteiger partial charge in [-0.25, -0.2) is 14.4 Å². The lowest BCUT2D eigenvalue weighted by Gasteiger charge is -2.50. The van der Waals surface area contributed by atoms with Gasteiger partial charge in [0.25, 0.3) is 8.32 Å². The monoisotopic (exact) mass is 1250 g/mol. The van der Waals surface area contributed by atoms with Gasteiger partial charge in [-0.3, -0.25) is 0 Å². The summed E-state index contributed by atoms with van der Waals surface area (Å²) in [6, 6.07) is 75.7. The number of fused-ring (bicyclic) bond motifs is 1. The fourth-order valence-electron chi connectivity index (χ4n) is 11.8. The first-order valence-electron chi connectivity index (χ1n) is 30.3. The molecule has 0 saturated carbocycles. The summed E-state index contributed by atoms with van der Waals surface area (Å²) in [7, 11) is -3.40. The number of hydrogen-bond donors (Lipinski definition) is 0. The van der Waals surface area contributed by atoms with E-state index < -0.39 is 98.4 Å². The Bertz CT molecular complexity index is 3850. The van der Waals surface area contributed by atoms with E-state index in [4.69, 9.17) is 42.3 Å². The Hall–Kier alpha value is -8.71. The molecule has 0 aromatic heterocycles. The Morgan fingerprint density at radius 3 is 1.58 bits per heavy atom. The first-order chi connectivity index (χ1) is 44.3. The van der Waals surface area contributed by atoms with Gasteiger partial charge in [-0.15, -0.1) is 0 Å². The number of thioether (sulfide) groups is 1. The van der Waals surface area contributed by atoms with Crippen LogP contribution in [0.25, 0.3) is 21.2 Å². The van der Waals surface area contributed by atoms with Gasteiger partial charge in [0.15, 0.2) is 12.4 Å². The molecule has 0 amide bonds. The third-order valence-corrected chi connectivity index (χ3v) is 22.4. The minimum Gasteiger partial charge on any atom is -0.459 e. The van der Waals surface area contributed by atoms with Gasteiger partial charge in [0.1, 0.15) is 54.7 Å². The van der Waals surface area contributed by atoms with Crippen molar-refractivity contribution >= 4 is 59.1 Å². The van der Waals surface area contributed by atoms with E-state index in [0.29, 0.717) is 0 Å². The van der Waals surface area contributed by atoms with Gasteiger partial charge in [-0.05, 0) is 104 Å². The molecule has 2 fully saturated rings. The van der Waals surface area contributed by atoms with Crippen molar-refractivity contribution in [1.29, 1.82) is 0 Å². The SMILES string of the molecule is Cc1ccc(S[C@@H]2O[C@H](CO[Si](c3ccccc3)(c3ccccc3)C(C)(C)C)[C@@H](O[C@H]3O[C@H](COC(=O)c4ccccc4)[C@@H](OCc4ccc5ccccc5c4)[C@H](OC(=O)c4ccccc4)[C@H]3N=[N+]=[N-])[C@H](OCc3ccccc3)[C@H]2OC(=O)c2ccccc2)cc1. The zero-order valence-corrected chi connectivity index (χ0v) is 52.7. The smallest absolute Gasteiger partial charge is 0.338 e. The van der Waals surface area contributed by atoms with Crippen LogP contribution in [0.3, 0.4) is 0 Å². The van der Waals surface area contributed by atoms with Crippen molar-refractivity contribution in [3.63, 3.8) is 0 Å². The van der Waals surface area contributed by atoms with Gasteiger partial charge < -0.3 is 42.3 Å². The molecule has 0 aliphatic carbocycles. The highest BCUT2D eigenvalue weighted by Gasteiger charge is 2.57. The number of carbonyl (C=O) groups is 3. The van der Waals surface area contributed by atoms with Gasteiger partial charge in [0.05, 0.1) is 36.5 Å². The van der Waals surface area contributed by atoms with Crippen molar-refractivity contribution in [3.8, 4) is 0 Å². The van der Waals surface area contributed by atoms with E-state index in [2.05, 4.69) is 55.1 Å². The summed E-state index contributed by atoms with van der Waals surface area (Å²) in [5.74, 6) is -2.09. The maximum atomic E-state index is 14.8. The molecule has 17 heteroatoms. The molecule has 2 saturated heterocycles. The van der Waals surface area contributed by atoms with E-state index in [1.54, 1.807) is 84.9 Å². The Labute approximate surface area is 535 Å². The predicted molar refractivity (Wildman–Crippen MR) is 351 cm³/mol. The molecule has 2 aliphatic rings. The first kappa shape index (κ1) is 63.8. The largest absolute Gasteiger partial charge is 0.459 e. The number of hydrogen-bond acceptors (Lipinski definition) is 14. The molecule has 2 aliphatic heterocycles. The molecule has 9 aromatic carbocycles. The molecule has 0 spiro atoms. The van der Waals surface area contributed by atoms with Crippen LogP contribution in [0.4, 0.5) is 0 Å². The highest BCUT2D eigenvalue weighted by Crippen LogP contribution is 2.43. The Morgan fingerprint density at radius 1 is 0.516 bits per heavy atom. The maximum Gasteiger partial charge on any atom is 0.338 e. The summed E-state index contributed by atoms with van der Waals surface area (Å²) >= 11 is 1.35. The van der Waals surface area contributed by atoms with E-state index in [-0.39, 0.29) is 36.5 Å². The van der Waals surface area contributed by atoms with Crippen molar-refractivity contribution in [2.75, 3.05) is 13.2 Å². The fraction of sp³-hybridized carbons (Fsp3) is 0.257. The van der Waals surface area contributed by atoms with Gasteiger partial charge in [0.2, 0.25) is 0 Å². The predicted octanol–water partition coefficient (Wildman–Crippen LogP) is 13.8. The highest BCUT2D eigenvalue weighted by molar-refractivity contribution is 7.99. The van der Waals surface area contributed by atoms with Crippen LogP contribution >= 0.6 is 11.8 Å². The molecule has 15 nitrogen and oxygen atoms in total. The number of esters is 3. The third-order valence-electron chi connectivity index (χ3n) is 16.3. The average Bonchev–Trinajstić information content (AvgIpc) is 0.814. The van der Waals surface area contributed by atoms with E-state index in [9.17, 15) is 19.9 Å². The molecule has 91 heavy (non-hydrogen) atoms. The molecule has 0 bridgehead atoms. The molecule has 464 valence electrons. The minimum atomic E-state index is -3.40. The van der Waals surface area contributed by atoms with Gasteiger partial charge in [-0.2, -0.15) is 0 Å². The normalized spacial score (nSPS) is 21.6. The second kappa shape index (κ2) is 29.9. The number of carbonyl (C=O) groups excluding carboxylic acids is 3. The molecule has 2 heterocycles. The highest BCUT2D eigenvalue weighted by atomic mass is 32.2. The lowest BCUT2D eigenvalue weighted by atomic mass is 9.95. The Balaban J connectivity index is 1.07. The Kier molecular flexibility index (Phi) is 21.0. The van der Waals surface area contributed by atoms with Crippen LogP contribution in [0.5, 0.6) is 0 Å². The van der Waals surface area contributed by atoms with Crippen LogP contribution in [0.15, 0.2) is 259 Å². The number of ether oxygens (including phenoxy) is 8. The van der Waals surface area contributed by atoms with Crippen molar-refractivity contribution in [2.24, 2.45) is 5.11 Å². The number of nitrogens with zero attached hydrogens (tertiary/aromatic N) is 3. The molecule has 9 aromatic rings. The van der Waals surface area contributed by atoms with Gasteiger partial charge in [0, 0.05) is 9.81 Å². The quantitative estimate of drug-likeness (QED) is 0.0147. The van der Waals surface area contributed by atoms with Crippen molar-refractivity contribution in [3.05, 3.63) is 293 Å². The summed E-state index contributed by atoms with van der Waals surface area (Å²) in [6.07, 6.45) is -10.6. The number of rotatable bonds is 23. The summed E-state index contributed by atoms with van der Waals surface area (Å²) in [4.78, 5) is 47.7. The second-order valence-electron chi connectivity index (χ2n) is 23.4. The van der Waals surface area contributed by atoms with Crippen molar-refractivity contribution < 1.29 is 56.7 Å². The van der Waals surface area contributed by atoms with Crippen LogP contribution in [-0.2, 0) is 55.5 Å². The molecule has 0 radical (unpaired) electrons. The zero-order chi connectivity index (χ0) is 63.2. The zero-order valence-electron chi connectivity index (χ0n) is 50.9. The molecular weight excluding hydrogens is 1180 g/mol. The molecule has 10 atom stereocenters. The molecule has 0 unspecified atom stereocenters. The van der Waals surface area contributed by atoms with E-state index in [1.807, 2.05) is 146 Å². The average molecular weight is 1250 g/mol. The third kappa shape index (κ3) is 15.4. The first-order valence-corrected chi connectivity index (χ1v) is 33.1. The van der Waals surface area contributed by atoms with Gasteiger partial charge >= 0.3 is 17.9 Å². The summed E-state index contributed by atoms with van der Waals surface area (Å²) in [5, 5.41) is 7.86. The number of azide groups is 1. The summed E-state index contributed by atoms with van der Waals surface area (Å²) < 4.78 is 63.4. The Morgan fingerprint density at radius 2 is 1.01 bits per heavy atom. The van der Waals surface area contributed by atoms with E-state index in [0.717, 1.165) is 42.7 Å². The summed E-state index contributed by atoms with van der Waals surface area (Å²) in [6.45, 7) is 7.90. The van der Waals surface area contributed by atoms with E-state index in [1.165, 1.54) is 11.8 Å². The van der Waals surface area contributed by atoms with Crippen LogP contribution in [0, 0.1) is 6.92 Å². The lowest BCUT2D eigenvalue weighted by Crippen LogP contribution is -2.69. The van der Waals surface area contributed by atoms with Crippen molar-refractivity contribution in [2.45, 2.75) is 111 Å². The van der Waals surface area contributed by atoms with Crippen LogP contribution < -0.4 is 10.4 Å². The molecule has 0 N–H and O–H groups in total. The number of benzene rings is 9. The number of aryl methyl sites for hydroxylation is 1. The molecule has 11 rings (SSSR count). The topological polar surface area (TPSA) is 183 Å². The fourth-order valence-corrected chi connectivity index (χ4v) is 17.4. The van der Waals surface area contributed by atoms with Crippen LogP contribution in [0.2, 0.25) is 5.04 Å². The molecular formula is C74H71N3O12SSi. The van der Waals surface area contributed by atoms with Crippen molar-refractivity contribution in [1.82, 2.24) is 0 Å². The van der Waals surface area contributed by atoms with Crippen LogP contribution in [-0.4, -0.2) is 99.9 Å². The van der Waals surface area contributed by atoms with Crippen LogP contribution in [0.1, 0.15) is 68.5 Å². The second-order valence-corrected chi connectivity index (χ2v) is 28.9. The summed E-state index contributed by atoms with van der Waals surface area (Å²) in [5.41, 5.74) is 13.1. The van der Waals surface area contributed by atoms with E-state index >= 15 is 0 Å².